The van der Waals surface area contributed by atoms with Crippen LogP contribution in [-0.4, -0.2) is 32.8 Å². The molecule has 0 saturated carbocycles. The van der Waals surface area contributed by atoms with E-state index in [4.69, 9.17) is 14.2 Å². The first-order chi connectivity index (χ1) is 11.2. The first kappa shape index (κ1) is 15.7. The Morgan fingerprint density at radius 1 is 0.870 bits per heavy atom. The van der Waals surface area contributed by atoms with E-state index in [9.17, 15) is 0 Å². The minimum absolute atomic E-state index is 0.771. The molecule has 0 saturated heterocycles. The number of benzene rings is 2. The molecule has 3 rings (SSSR count). The monoisotopic (exact) mass is 313 g/mol. The Morgan fingerprint density at radius 3 is 2.43 bits per heavy atom. The summed E-state index contributed by atoms with van der Waals surface area (Å²) >= 11 is 0. The maximum atomic E-state index is 5.39. The van der Waals surface area contributed by atoms with Crippen LogP contribution in [0.1, 0.15) is 16.7 Å². The van der Waals surface area contributed by atoms with Crippen LogP contribution in [0.2, 0.25) is 0 Å². The van der Waals surface area contributed by atoms with Gasteiger partial charge in [-0.1, -0.05) is 12.1 Å². The summed E-state index contributed by atoms with van der Waals surface area (Å²) in [6, 6.07) is 12.5. The number of hydrogen-bond acceptors (Lipinski definition) is 4. The van der Waals surface area contributed by atoms with Crippen molar-refractivity contribution in [1.82, 2.24) is 4.90 Å². The molecule has 0 amide bonds. The van der Waals surface area contributed by atoms with Crippen molar-refractivity contribution in [2.75, 3.05) is 27.9 Å². The van der Waals surface area contributed by atoms with Crippen molar-refractivity contribution in [2.45, 2.75) is 19.5 Å². The molecule has 0 fully saturated rings. The van der Waals surface area contributed by atoms with E-state index < -0.39 is 0 Å². The maximum Gasteiger partial charge on any atom is 0.161 e. The van der Waals surface area contributed by atoms with Crippen molar-refractivity contribution in [3.8, 4) is 17.2 Å². The molecule has 2 aromatic carbocycles. The second-order valence-electron chi connectivity index (χ2n) is 5.78. The first-order valence-corrected chi connectivity index (χ1v) is 7.82. The number of hydrogen-bond donors (Lipinski definition) is 0. The highest BCUT2D eigenvalue weighted by Crippen LogP contribution is 2.29. The van der Waals surface area contributed by atoms with Crippen molar-refractivity contribution in [3.63, 3.8) is 0 Å². The van der Waals surface area contributed by atoms with E-state index in [2.05, 4.69) is 29.2 Å². The molecular formula is C19H23NO3. The third-order valence-electron chi connectivity index (χ3n) is 4.36. The molecule has 122 valence electrons. The van der Waals surface area contributed by atoms with E-state index in [1.54, 1.807) is 21.3 Å². The molecule has 23 heavy (non-hydrogen) atoms. The van der Waals surface area contributed by atoms with Gasteiger partial charge in [-0.15, -0.1) is 0 Å². The van der Waals surface area contributed by atoms with E-state index in [1.165, 1.54) is 16.7 Å². The van der Waals surface area contributed by atoms with Crippen molar-refractivity contribution in [1.29, 1.82) is 0 Å². The van der Waals surface area contributed by atoms with Crippen LogP contribution in [0.5, 0.6) is 17.2 Å². The Balaban J connectivity index is 1.72. The van der Waals surface area contributed by atoms with Gasteiger partial charge in [0.05, 0.1) is 21.3 Å². The molecule has 0 bridgehead atoms. The Morgan fingerprint density at radius 2 is 1.70 bits per heavy atom. The topological polar surface area (TPSA) is 30.9 Å². The zero-order valence-corrected chi connectivity index (χ0v) is 14.0. The highest BCUT2D eigenvalue weighted by atomic mass is 16.5. The number of ether oxygens (including phenoxy) is 3. The summed E-state index contributed by atoms with van der Waals surface area (Å²) in [6.45, 7) is 2.92. The summed E-state index contributed by atoms with van der Waals surface area (Å²) in [6.07, 6.45) is 1.06. The molecule has 1 aliphatic rings. The summed E-state index contributed by atoms with van der Waals surface area (Å²) in [5, 5.41) is 0. The van der Waals surface area contributed by atoms with Crippen LogP contribution in [-0.2, 0) is 19.5 Å². The van der Waals surface area contributed by atoms with Gasteiger partial charge in [0.1, 0.15) is 5.75 Å². The van der Waals surface area contributed by atoms with E-state index in [-0.39, 0.29) is 0 Å². The largest absolute Gasteiger partial charge is 0.497 e. The van der Waals surface area contributed by atoms with E-state index in [0.717, 1.165) is 43.3 Å². The van der Waals surface area contributed by atoms with Gasteiger partial charge in [-0.3, -0.25) is 4.90 Å². The summed E-state index contributed by atoms with van der Waals surface area (Å²) in [5.41, 5.74) is 4.02. The van der Waals surface area contributed by atoms with Gasteiger partial charge in [0.15, 0.2) is 11.5 Å². The fourth-order valence-electron chi connectivity index (χ4n) is 3.09. The lowest BCUT2D eigenvalue weighted by Crippen LogP contribution is -2.30. The molecule has 2 aromatic rings. The zero-order chi connectivity index (χ0) is 16.2. The van der Waals surface area contributed by atoms with Crippen LogP contribution >= 0.6 is 0 Å². The fraction of sp³-hybridized carbons (Fsp3) is 0.368. The van der Waals surface area contributed by atoms with Crippen LogP contribution in [0.25, 0.3) is 0 Å². The average Bonchev–Trinajstić information content (AvgIpc) is 2.61. The summed E-state index contributed by atoms with van der Waals surface area (Å²) in [7, 11) is 5.05. The lowest BCUT2D eigenvalue weighted by Gasteiger charge is -2.29. The fourth-order valence-corrected chi connectivity index (χ4v) is 3.09. The van der Waals surface area contributed by atoms with E-state index >= 15 is 0 Å². The summed E-state index contributed by atoms with van der Waals surface area (Å²) < 4.78 is 16.0. The smallest absolute Gasteiger partial charge is 0.161 e. The van der Waals surface area contributed by atoms with Gasteiger partial charge in [0, 0.05) is 19.6 Å². The van der Waals surface area contributed by atoms with Crippen molar-refractivity contribution in [2.24, 2.45) is 0 Å². The van der Waals surface area contributed by atoms with Crippen molar-refractivity contribution >= 4 is 0 Å². The predicted octanol–water partition coefficient (Wildman–Crippen LogP) is 3.27. The third kappa shape index (κ3) is 3.42. The summed E-state index contributed by atoms with van der Waals surface area (Å²) in [4.78, 5) is 2.45. The number of rotatable bonds is 5. The van der Waals surface area contributed by atoms with Gasteiger partial charge in [-0.25, -0.2) is 0 Å². The molecule has 0 N–H and O–H groups in total. The van der Waals surface area contributed by atoms with Gasteiger partial charge in [0.2, 0.25) is 0 Å². The molecule has 4 nitrogen and oxygen atoms in total. The molecule has 0 spiro atoms. The number of nitrogens with zero attached hydrogens (tertiary/aromatic N) is 1. The molecule has 0 atom stereocenters. The normalized spacial score (nSPS) is 14.2. The zero-order valence-electron chi connectivity index (χ0n) is 14.0. The van der Waals surface area contributed by atoms with Crippen molar-refractivity contribution < 1.29 is 14.2 Å². The SMILES string of the molecule is COc1ccc2c(c1)CCN(Cc1ccc(OC)c(OC)c1)C2. The standard InChI is InChI=1S/C19H23NO3/c1-21-17-6-5-16-13-20(9-8-15(16)11-17)12-14-4-7-18(22-2)19(10-14)23-3/h4-7,10-11H,8-9,12-13H2,1-3H3. The molecule has 0 unspecified atom stereocenters. The summed E-state index contributed by atoms with van der Waals surface area (Å²) in [5.74, 6) is 2.50. The first-order valence-electron chi connectivity index (χ1n) is 7.82. The van der Waals surface area contributed by atoms with Crippen LogP contribution < -0.4 is 14.2 Å². The Hall–Kier alpha value is -2.20. The second kappa shape index (κ2) is 6.92. The molecule has 0 radical (unpaired) electrons. The maximum absolute atomic E-state index is 5.39. The van der Waals surface area contributed by atoms with Gasteiger partial charge in [-0.2, -0.15) is 0 Å². The van der Waals surface area contributed by atoms with Gasteiger partial charge >= 0.3 is 0 Å². The predicted molar refractivity (Wildman–Crippen MR) is 90.4 cm³/mol. The van der Waals surface area contributed by atoms with Crippen LogP contribution in [0, 0.1) is 0 Å². The quantitative estimate of drug-likeness (QED) is 0.848. The lowest BCUT2D eigenvalue weighted by molar-refractivity contribution is 0.244. The molecular weight excluding hydrogens is 290 g/mol. The number of fused-ring (bicyclic) bond motifs is 1. The number of methoxy groups -OCH3 is 3. The van der Waals surface area contributed by atoms with E-state index in [1.807, 2.05) is 12.1 Å². The third-order valence-corrected chi connectivity index (χ3v) is 4.36. The minimum atomic E-state index is 0.771. The molecule has 4 heteroatoms. The minimum Gasteiger partial charge on any atom is -0.497 e. The van der Waals surface area contributed by atoms with Gasteiger partial charge < -0.3 is 14.2 Å². The van der Waals surface area contributed by atoms with Crippen LogP contribution in [0.3, 0.4) is 0 Å². The molecule has 1 heterocycles. The Labute approximate surface area is 137 Å². The Kier molecular flexibility index (Phi) is 4.72. The molecule has 1 aliphatic heterocycles. The van der Waals surface area contributed by atoms with Crippen molar-refractivity contribution in [3.05, 3.63) is 53.1 Å². The average molecular weight is 313 g/mol. The van der Waals surface area contributed by atoms with Gasteiger partial charge in [-0.05, 0) is 47.4 Å². The van der Waals surface area contributed by atoms with E-state index in [0.29, 0.717) is 0 Å². The second-order valence-corrected chi connectivity index (χ2v) is 5.78. The van der Waals surface area contributed by atoms with Crippen LogP contribution in [0.15, 0.2) is 36.4 Å². The van der Waals surface area contributed by atoms with Crippen LogP contribution in [0.4, 0.5) is 0 Å². The Bertz CT molecular complexity index is 684. The highest BCUT2D eigenvalue weighted by molar-refractivity contribution is 5.43. The van der Waals surface area contributed by atoms with Gasteiger partial charge in [0.25, 0.3) is 0 Å². The molecule has 0 aliphatic carbocycles. The molecule has 0 aromatic heterocycles. The lowest BCUT2D eigenvalue weighted by atomic mass is 9.99. The highest BCUT2D eigenvalue weighted by Gasteiger charge is 2.17.